The van der Waals surface area contributed by atoms with Crippen molar-refractivity contribution in [2.24, 2.45) is 0 Å². The summed E-state index contributed by atoms with van der Waals surface area (Å²) in [5.74, 6) is -1.64. The Morgan fingerprint density at radius 2 is 2.05 bits per heavy atom. The Morgan fingerprint density at radius 1 is 1.40 bits per heavy atom. The highest BCUT2D eigenvalue weighted by Crippen LogP contribution is 2.32. The lowest BCUT2D eigenvalue weighted by Gasteiger charge is -2.14. The van der Waals surface area contributed by atoms with Gasteiger partial charge in [0.25, 0.3) is 5.91 Å². The number of hydrogen-bond donors (Lipinski definition) is 2. The van der Waals surface area contributed by atoms with Gasteiger partial charge >= 0.3 is 5.97 Å². The summed E-state index contributed by atoms with van der Waals surface area (Å²) in [6.07, 6.45) is 0.786. The average molecular weight is 320 g/mol. The number of carbonyl (C=O) groups is 2. The van der Waals surface area contributed by atoms with Crippen molar-refractivity contribution in [2.75, 3.05) is 6.61 Å². The second-order valence-corrected chi connectivity index (χ2v) is 5.08. The minimum absolute atomic E-state index is 0.0192. The van der Waals surface area contributed by atoms with Gasteiger partial charge < -0.3 is 15.2 Å². The van der Waals surface area contributed by atoms with Crippen molar-refractivity contribution >= 4 is 35.1 Å². The summed E-state index contributed by atoms with van der Waals surface area (Å²) in [4.78, 5) is 22.7. The summed E-state index contributed by atoms with van der Waals surface area (Å²) in [5.41, 5.74) is -0.182. The maximum absolute atomic E-state index is 11.6. The molecular formula is C13H15Cl2NO4. The lowest BCUT2D eigenvalue weighted by Crippen LogP contribution is -2.35. The fourth-order valence-electron chi connectivity index (χ4n) is 1.42. The first kappa shape index (κ1) is 16.6. The monoisotopic (exact) mass is 319 g/mol. The van der Waals surface area contributed by atoms with Gasteiger partial charge in [-0.3, -0.25) is 4.79 Å². The normalized spacial score (nSPS) is 11.8. The third-order valence-electron chi connectivity index (χ3n) is 2.61. The molecule has 0 saturated carbocycles. The first-order valence-corrected chi connectivity index (χ1v) is 6.75. The largest absolute Gasteiger partial charge is 0.481 e. The van der Waals surface area contributed by atoms with E-state index in [1.165, 1.54) is 12.1 Å². The summed E-state index contributed by atoms with van der Waals surface area (Å²) in [6, 6.07) is 2.60. The third-order valence-corrected chi connectivity index (χ3v) is 3.11. The number of halogens is 2. The summed E-state index contributed by atoms with van der Waals surface area (Å²) in [5, 5.41) is 12.0. The molecule has 0 saturated heterocycles. The van der Waals surface area contributed by atoms with Crippen molar-refractivity contribution in [1.29, 1.82) is 0 Å². The molecule has 1 atom stereocenters. The molecule has 1 unspecified atom stereocenters. The number of carboxylic acids is 1. The van der Waals surface area contributed by atoms with Gasteiger partial charge in [-0.25, -0.2) is 4.79 Å². The van der Waals surface area contributed by atoms with Crippen LogP contribution in [0.15, 0.2) is 12.1 Å². The zero-order chi connectivity index (χ0) is 15.3. The van der Waals surface area contributed by atoms with Crippen molar-refractivity contribution in [3.05, 3.63) is 27.7 Å². The van der Waals surface area contributed by atoms with Crippen molar-refractivity contribution in [3.63, 3.8) is 0 Å². The molecule has 20 heavy (non-hydrogen) atoms. The van der Waals surface area contributed by atoms with E-state index in [9.17, 15) is 9.59 Å². The van der Waals surface area contributed by atoms with Gasteiger partial charge in [-0.05, 0) is 25.5 Å². The summed E-state index contributed by atoms with van der Waals surface area (Å²) in [7, 11) is 0. The molecule has 0 radical (unpaired) electrons. The van der Waals surface area contributed by atoms with Crippen LogP contribution in [0.3, 0.4) is 0 Å². The fourth-order valence-corrected chi connectivity index (χ4v) is 1.97. The Labute approximate surface area is 126 Å². The predicted octanol–water partition coefficient (Wildman–Crippen LogP) is 2.99. The van der Waals surface area contributed by atoms with E-state index in [0.717, 1.165) is 6.42 Å². The van der Waals surface area contributed by atoms with E-state index in [-0.39, 0.29) is 39.9 Å². The number of hydrogen-bond acceptors (Lipinski definition) is 3. The maximum Gasteiger partial charge on any atom is 0.339 e. The van der Waals surface area contributed by atoms with Gasteiger partial charge in [0.15, 0.2) is 12.4 Å². The van der Waals surface area contributed by atoms with Crippen LogP contribution in [0.4, 0.5) is 0 Å². The molecule has 110 valence electrons. The van der Waals surface area contributed by atoms with Crippen LogP contribution in [0.25, 0.3) is 0 Å². The second-order valence-electron chi connectivity index (χ2n) is 4.23. The molecular weight excluding hydrogens is 305 g/mol. The van der Waals surface area contributed by atoms with E-state index in [0.29, 0.717) is 0 Å². The van der Waals surface area contributed by atoms with Crippen LogP contribution in [0.1, 0.15) is 30.6 Å². The van der Waals surface area contributed by atoms with Gasteiger partial charge in [-0.2, -0.15) is 0 Å². The number of rotatable bonds is 6. The molecule has 5 nitrogen and oxygen atoms in total. The molecule has 7 heteroatoms. The van der Waals surface area contributed by atoms with Crippen LogP contribution in [0.2, 0.25) is 10.0 Å². The Balaban J connectivity index is 2.82. The molecule has 0 aromatic heterocycles. The zero-order valence-corrected chi connectivity index (χ0v) is 12.6. The van der Waals surface area contributed by atoms with E-state index in [2.05, 4.69) is 5.32 Å². The van der Waals surface area contributed by atoms with Crippen LogP contribution >= 0.6 is 23.2 Å². The highest BCUT2D eigenvalue weighted by atomic mass is 35.5. The molecule has 1 amide bonds. The Kier molecular flexibility index (Phi) is 6.10. The zero-order valence-electron chi connectivity index (χ0n) is 11.1. The van der Waals surface area contributed by atoms with E-state index in [1.54, 1.807) is 0 Å². The van der Waals surface area contributed by atoms with E-state index in [1.807, 2.05) is 13.8 Å². The Morgan fingerprint density at radius 3 is 2.60 bits per heavy atom. The first-order chi connectivity index (χ1) is 9.35. The molecule has 1 rings (SSSR count). The standard InChI is InChI=1S/C13H15Cl2NO4/c1-3-7(2)16-11(17)6-20-12-9(13(18)19)4-8(14)5-10(12)15/h4-5,7H,3,6H2,1-2H3,(H,16,17)(H,18,19). The number of benzene rings is 1. The molecule has 0 spiro atoms. The molecule has 1 aromatic rings. The first-order valence-electron chi connectivity index (χ1n) is 5.99. The second kappa shape index (κ2) is 7.36. The highest BCUT2D eigenvalue weighted by molar-refractivity contribution is 6.36. The highest BCUT2D eigenvalue weighted by Gasteiger charge is 2.18. The molecule has 0 bridgehead atoms. The minimum Gasteiger partial charge on any atom is -0.481 e. The third kappa shape index (κ3) is 4.58. The number of carboxylic acid groups (broad SMARTS) is 1. The number of aromatic carboxylic acids is 1. The van der Waals surface area contributed by atoms with Crippen LogP contribution in [-0.4, -0.2) is 29.6 Å². The van der Waals surface area contributed by atoms with Gasteiger partial charge in [-0.1, -0.05) is 30.1 Å². The van der Waals surface area contributed by atoms with Crippen LogP contribution in [0, 0.1) is 0 Å². The van der Waals surface area contributed by atoms with Crippen molar-refractivity contribution in [2.45, 2.75) is 26.3 Å². The quantitative estimate of drug-likeness (QED) is 0.845. The van der Waals surface area contributed by atoms with E-state index in [4.69, 9.17) is 33.0 Å². The Bertz CT molecular complexity index is 519. The van der Waals surface area contributed by atoms with Crippen molar-refractivity contribution in [1.82, 2.24) is 5.32 Å². The number of amides is 1. The molecule has 0 aliphatic rings. The number of ether oxygens (including phenoxy) is 1. The van der Waals surface area contributed by atoms with Gasteiger partial charge in [0.05, 0.1) is 5.02 Å². The predicted molar refractivity (Wildman–Crippen MR) is 76.8 cm³/mol. The van der Waals surface area contributed by atoms with Gasteiger partial charge in [0.1, 0.15) is 5.56 Å². The van der Waals surface area contributed by atoms with E-state index >= 15 is 0 Å². The van der Waals surface area contributed by atoms with Gasteiger partial charge in [-0.15, -0.1) is 0 Å². The summed E-state index contributed by atoms with van der Waals surface area (Å²) in [6.45, 7) is 3.48. The van der Waals surface area contributed by atoms with Crippen LogP contribution in [-0.2, 0) is 4.79 Å². The van der Waals surface area contributed by atoms with Crippen molar-refractivity contribution in [3.8, 4) is 5.75 Å². The molecule has 1 aromatic carbocycles. The van der Waals surface area contributed by atoms with Gasteiger partial charge in [0.2, 0.25) is 0 Å². The Hall–Kier alpha value is -1.46. The summed E-state index contributed by atoms with van der Waals surface area (Å²) < 4.78 is 5.21. The smallest absolute Gasteiger partial charge is 0.339 e. The topological polar surface area (TPSA) is 75.6 Å². The summed E-state index contributed by atoms with van der Waals surface area (Å²) >= 11 is 11.6. The minimum atomic E-state index is -1.23. The number of nitrogens with one attached hydrogen (secondary N) is 1. The molecule has 0 aliphatic heterocycles. The van der Waals surface area contributed by atoms with Crippen LogP contribution in [0.5, 0.6) is 5.75 Å². The lowest BCUT2D eigenvalue weighted by atomic mass is 10.2. The lowest BCUT2D eigenvalue weighted by molar-refractivity contribution is -0.123. The SMILES string of the molecule is CCC(C)NC(=O)COc1c(Cl)cc(Cl)cc1C(=O)O. The molecule has 0 heterocycles. The molecule has 0 aliphatic carbocycles. The average Bonchev–Trinajstić information content (AvgIpc) is 2.36. The molecule has 0 fully saturated rings. The number of carbonyl (C=O) groups excluding carboxylic acids is 1. The maximum atomic E-state index is 11.6. The van der Waals surface area contributed by atoms with Gasteiger partial charge in [0, 0.05) is 11.1 Å². The van der Waals surface area contributed by atoms with Crippen molar-refractivity contribution < 1.29 is 19.4 Å². The van der Waals surface area contributed by atoms with E-state index < -0.39 is 5.97 Å². The fraction of sp³-hybridized carbons (Fsp3) is 0.385. The molecule has 2 N–H and O–H groups in total. The van der Waals surface area contributed by atoms with Crippen LogP contribution < -0.4 is 10.1 Å².